The minimum atomic E-state index is -4.02. The van der Waals surface area contributed by atoms with Crippen molar-refractivity contribution in [2.75, 3.05) is 0 Å². The van der Waals surface area contributed by atoms with Gasteiger partial charge in [-0.05, 0) is 32.9 Å². The molecule has 1 aromatic carbocycles. The van der Waals surface area contributed by atoms with Gasteiger partial charge in [0, 0.05) is 6.04 Å². The van der Waals surface area contributed by atoms with Crippen molar-refractivity contribution in [1.29, 1.82) is 0 Å². The van der Waals surface area contributed by atoms with E-state index in [-0.39, 0.29) is 22.6 Å². The fourth-order valence-electron chi connectivity index (χ4n) is 1.93. The number of primary sulfonamides is 1. The third-order valence-corrected chi connectivity index (χ3v) is 3.59. The molecule has 0 bridgehead atoms. The fourth-order valence-corrected chi connectivity index (χ4v) is 2.66. The zero-order chi connectivity index (χ0) is 15.1. The number of hydrogen-bond donors (Lipinski definition) is 1. The molecule has 1 aromatic heterocycles. The molecule has 0 aliphatic heterocycles. The molecular formula is C12H15FN4O2S. The van der Waals surface area contributed by atoms with Crippen LogP contribution >= 0.6 is 0 Å². The number of sulfonamides is 1. The Morgan fingerprint density at radius 3 is 2.50 bits per heavy atom. The molecule has 0 amide bonds. The summed E-state index contributed by atoms with van der Waals surface area (Å²) in [4.78, 5) is 0. The molecule has 0 aliphatic rings. The van der Waals surface area contributed by atoms with Crippen LogP contribution in [-0.4, -0.2) is 23.2 Å². The summed E-state index contributed by atoms with van der Waals surface area (Å²) in [5, 5.41) is 12.1. The number of aryl methyl sites for hydroxylation is 1. The molecule has 0 unspecified atom stereocenters. The van der Waals surface area contributed by atoms with Crippen LogP contribution in [0.25, 0.3) is 11.4 Å². The summed E-state index contributed by atoms with van der Waals surface area (Å²) in [6, 6.07) is 4.23. The number of nitrogens with two attached hydrogens (primary N) is 1. The molecule has 0 atom stereocenters. The van der Waals surface area contributed by atoms with Crippen LogP contribution in [-0.2, 0) is 10.0 Å². The van der Waals surface area contributed by atoms with Crippen molar-refractivity contribution in [3.8, 4) is 11.4 Å². The molecule has 6 nitrogen and oxygen atoms in total. The summed E-state index contributed by atoms with van der Waals surface area (Å²) in [6.45, 7) is 5.30. The van der Waals surface area contributed by atoms with Gasteiger partial charge < -0.3 is 0 Å². The fraction of sp³-hybridized carbons (Fsp3) is 0.333. The first-order chi connectivity index (χ1) is 9.21. The summed E-state index contributed by atoms with van der Waals surface area (Å²) in [5.74, 6) is -0.351. The molecule has 2 rings (SSSR count). The Balaban J connectivity index is 2.76. The van der Waals surface area contributed by atoms with Crippen LogP contribution in [0.5, 0.6) is 0 Å². The van der Waals surface area contributed by atoms with Gasteiger partial charge in [-0.1, -0.05) is 11.6 Å². The van der Waals surface area contributed by atoms with Crippen LogP contribution in [0.4, 0.5) is 4.39 Å². The number of nitrogens with zero attached hydrogens (tertiary/aromatic N) is 3. The molecule has 1 heterocycles. The van der Waals surface area contributed by atoms with Crippen molar-refractivity contribution < 1.29 is 12.8 Å². The molecule has 0 saturated carbocycles. The molecule has 0 radical (unpaired) electrons. The highest BCUT2D eigenvalue weighted by molar-refractivity contribution is 7.89. The number of rotatable bonds is 3. The standard InChI is InChI=1S/C12H15FN4O2S/c1-7(2)17-11(15-16-12(17)20(14,18)19)9-6-8(3)4-5-10(9)13/h4-7H,1-3H3,(H2,14,18,19). The van der Waals surface area contributed by atoms with Gasteiger partial charge in [0.15, 0.2) is 5.82 Å². The molecule has 2 N–H and O–H groups in total. The topological polar surface area (TPSA) is 90.9 Å². The quantitative estimate of drug-likeness (QED) is 0.932. The van der Waals surface area contributed by atoms with Crippen molar-refractivity contribution in [3.05, 3.63) is 29.6 Å². The minimum Gasteiger partial charge on any atom is -0.294 e. The number of benzene rings is 1. The smallest absolute Gasteiger partial charge is 0.273 e. The first-order valence-corrected chi connectivity index (χ1v) is 7.50. The Labute approximate surface area is 116 Å². The van der Waals surface area contributed by atoms with Gasteiger partial charge in [-0.3, -0.25) is 4.57 Å². The van der Waals surface area contributed by atoms with Gasteiger partial charge in [0.2, 0.25) is 0 Å². The van der Waals surface area contributed by atoms with Gasteiger partial charge >= 0.3 is 0 Å². The second-order valence-corrected chi connectivity index (χ2v) is 6.25. The summed E-state index contributed by atoms with van der Waals surface area (Å²) in [5.41, 5.74) is 1.03. The predicted molar refractivity (Wildman–Crippen MR) is 71.9 cm³/mol. The Hall–Kier alpha value is -1.80. The summed E-state index contributed by atoms with van der Waals surface area (Å²) >= 11 is 0. The molecule has 0 fully saturated rings. The van der Waals surface area contributed by atoms with E-state index in [9.17, 15) is 12.8 Å². The molecule has 20 heavy (non-hydrogen) atoms. The SMILES string of the molecule is Cc1ccc(F)c(-c2nnc(S(N)(=O)=O)n2C(C)C)c1. The van der Waals surface area contributed by atoms with Crippen LogP contribution in [0.1, 0.15) is 25.5 Å². The largest absolute Gasteiger partial charge is 0.294 e. The number of halogens is 1. The van der Waals surface area contributed by atoms with Crippen LogP contribution < -0.4 is 5.14 Å². The third kappa shape index (κ3) is 2.56. The van der Waals surface area contributed by atoms with Crippen LogP contribution in [0.3, 0.4) is 0 Å². The normalized spacial score (nSPS) is 12.1. The maximum atomic E-state index is 13.9. The first kappa shape index (κ1) is 14.6. The molecule has 2 aromatic rings. The van der Waals surface area contributed by atoms with E-state index in [0.717, 1.165) is 5.56 Å². The second-order valence-electron chi connectivity index (χ2n) is 4.80. The van der Waals surface area contributed by atoms with Crippen molar-refractivity contribution in [2.45, 2.75) is 32.0 Å². The van der Waals surface area contributed by atoms with Gasteiger partial charge in [-0.15, -0.1) is 10.2 Å². The van der Waals surface area contributed by atoms with Gasteiger partial charge in [0.25, 0.3) is 15.2 Å². The zero-order valence-corrected chi connectivity index (χ0v) is 12.1. The van der Waals surface area contributed by atoms with E-state index in [1.807, 2.05) is 0 Å². The summed E-state index contributed by atoms with van der Waals surface area (Å²) in [7, 11) is -4.02. The lowest BCUT2D eigenvalue weighted by Gasteiger charge is -2.13. The maximum Gasteiger partial charge on any atom is 0.273 e. The Bertz CT molecular complexity index is 753. The van der Waals surface area contributed by atoms with Crippen molar-refractivity contribution in [1.82, 2.24) is 14.8 Å². The zero-order valence-electron chi connectivity index (χ0n) is 11.3. The van der Waals surface area contributed by atoms with Crippen LogP contribution in [0, 0.1) is 12.7 Å². The van der Waals surface area contributed by atoms with Gasteiger partial charge in [-0.25, -0.2) is 17.9 Å². The summed E-state index contributed by atoms with van der Waals surface area (Å²) in [6.07, 6.45) is 0. The molecule has 8 heteroatoms. The van der Waals surface area contributed by atoms with Gasteiger partial charge in [-0.2, -0.15) is 0 Å². The lowest BCUT2D eigenvalue weighted by Crippen LogP contribution is -2.20. The molecule has 0 spiro atoms. The van der Waals surface area contributed by atoms with Crippen molar-refractivity contribution >= 4 is 10.0 Å². The average Bonchev–Trinajstić information content (AvgIpc) is 2.76. The monoisotopic (exact) mass is 298 g/mol. The Morgan fingerprint density at radius 2 is 1.95 bits per heavy atom. The highest BCUT2D eigenvalue weighted by Crippen LogP contribution is 2.27. The van der Waals surface area contributed by atoms with E-state index in [0.29, 0.717) is 0 Å². The molecule has 108 valence electrons. The van der Waals surface area contributed by atoms with Crippen LogP contribution in [0.2, 0.25) is 0 Å². The van der Waals surface area contributed by atoms with Crippen LogP contribution in [0.15, 0.2) is 23.4 Å². The van der Waals surface area contributed by atoms with E-state index in [4.69, 9.17) is 5.14 Å². The van der Waals surface area contributed by atoms with Crippen molar-refractivity contribution in [3.63, 3.8) is 0 Å². The lowest BCUT2D eigenvalue weighted by molar-refractivity contribution is 0.523. The van der Waals surface area contributed by atoms with Gasteiger partial charge in [0.1, 0.15) is 5.82 Å². The maximum absolute atomic E-state index is 13.9. The highest BCUT2D eigenvalue weighted by atomic mass is 32.2. The Morgan fingerprint density at radius 1 is 1.30 bits per heavy atom. The average molecular weight is 298 g/mol. The first-order valence-electron chi connectivity index (χ1n) is 5.96. The van der Waals surface area contributed by atoms with E-state index in [1.54, 1.807) is 32.9 Å². The predicted octanol–water partition coefficient (Wildman–Crippen LogP) is 1.62. The number of aromatic nitrogens is 3. The highest BCUT2D eigenvalue weighted by Gasteiger charge is 2.25. The molecule has 0 aliphatic carbocycles. The van der Waals surface area contributed by atoms with E-state index >= 15 is 0 Å². The minimum absolute atomic E-state index is 0.144. The lowest BCUT2D eigenvalue weighted by atomic mass is 10.1. The molecular weight excluding hydrogens is 283 g/mol. The van der Waals surface area contributed by atoms with E-state index in [2.05, 4.69) is 10.2 Å². The number of hydrogen-bond acceptors (Lipinski definition) is 4. The van der Waals surface area contributed by atoms with E-state index < -0.39 is 15.8 Å². The Kier molecular flexibility index (Phi) is 3.61. The van der Waals surface area contributed by atoms with Crippen molar-refractivity contribution in [2.24, 2.45) is 5.14 Å². The summed E-state index contributed by atoms with van der Waals surface area (Å²) < 4.78 is 38.3. The second kappa shape index (κ2) is 4.95. The van der Waals surface area contributed by atoms with E-state index in [1.165, 1.54) is 10.6 Å². The van der Waals surface area contributed by atoms with Gasteiger partial charge in [0.05, 0.1) is 5.56 Å². The molecule has 0 saturated heterocycles. The third-order valence-electron chi connectivity index (χ3n) is 2.80.